The maximum atomic E-state index is 12.5. The van der Waals surface area contributed by atoms with Gasteiger partial charge in [-0.2, -0.15) is 0 Å². The molecule has 0 aliphatic heterocycles. The molecule has 0 radical (unpaired) electrons. The van der Waals surface area contributed by atoms with Gasteiger partial charge in [0.1, 0.15) is 0 Å². The number of hydrogen-bond acceptors (Lipinski definition) is 1. The molecule has 0 atom stereocenters. The minimum Gasteiger partial charge on any atom is -0.294 e. The monoisotopic (exact) mass is 272 g/mol. The van der Waals surface area contributed by atoms with E-state index in [9.17, 15) is 4.79 Å². The molecule has 1 fully saturated rings. The summed E-state index contributed by atoms with van der Waals surface area (Å²) in [5.41, 5.74) is 0.826. The Bertz CT molecular complexity index is 612. The Hall–Kier alpha value is -1.34. The van der Waals surface area contributed by atoms with E-state index in [2.05, 4.69) is 0 Å². The molecule has 0 bridgehead atoms. The fraction of sp³-hybridized carbons (Fsp3) is 0.353. The molecule has 0 saturated heterocycles. The van der Waals surface area contributed by atoms with Gasteiger partial charge in [-0.05, 0) is 23.4 Å². The maximum Gasteiger partial charge on any atom is 0.163 e. The summed E-state index contributed by atoms with van der Waals surface area (Å²) in [5, 5.41) is 2.67. The van der Waals surface area contributed by atoms with Crippen molar-refractivity contribution in [2.24, 2.45) is 5.92 Å². The second kappa shape index (κ2) is 5.34. The van der Waals surface area contributed by atoms with E-state index in [1.165, 1.54) is 25.7 Å². The zero-order valence-corrected chi connectivity index (χ0v) is 11.6. The quantitative estimate of drug-likeness (QED) is 0.697. The largest absolute Gasteiger partial charge is 0.294 e. The van der Waals surface area contributed by atoms with Crippen LogP contribution in [-0.2, 0) is 0 Å². The first-order chi connectivity index (χ1) is 9.25. The second-order valence-electron chi connectivity index (χ2n) is 5.42. The molecule has 2 aromatic rings. The molecule has 1 aliphatic carbocycles. The van der Waals surface area contributed by atoms with Crippen LogP contribution in [0.5, 0.6) is 0 Å². The molecule has 0 heterocycles. The van der Waals surface area contributed by atoms with Crippen LogP contribution in [-0.4, -0.2) is 5.78 Å². The van der Waals surface area contributed by atoms with E-state index < -0.39 is 0 Å². The highest BCUT2D eigenvalue weighted by atomic mass is 35.5. The molecule has 1 saturated carbocycles. The molecular weight excluding hydrogens is 256 g/mol. The summed E-state index contributed by atoms with van der Waals surface area (Å²) in [6, 6.07) is 11.6. The predicted molar refractivity (Wildman–Crippen MR) is 79.9 cm³/mol. The van der Waals surface area contributed by atoms with E-state index in [-0.39, 0.29) is 5.78 Å². The van der Waals surface area contributed by atoms with Gasteiger partial charge in [-0.1, -0.05) is 61.5 Å². The maximum absolute atomic E-state index is 12.5. The molecule has 0 N–H and O–H groups in total. The summed E-state index contributed by atoms with van der Waals surface area (Å²) in [4.78, 5) is 12.5. The Morgan fingerprint density at radius 1 is 1.05 bits per heavy atom. The molecule has 0 amide bonds. The first kappa shape index (κ1) is 12.7. The van der Waals surface area contributed by atoms with E-state index in [4.69, 9.17) is 11.6 Å². The summed E-state index contributed by atoms with van der Waals surface area (Å²) in [6.07, 6.45) is 5.65. The van der Waals surface area contributed by atoms with Gasteiger partial charge in [-0.25, -0.2) is 0 Å². The van der Waals surface area contributed by atoms with Crippen molar-refractivity contribution in [1.82, 2.24) is 0 Å². The van der Waals surface area contributed by atoms with Crippen molar-refractivity contribution in [2.45, 2.75) is 32.1 Å². The lowest BCUT2D eigenvalue weighted by molar-refractivity contribution is 0.0964. The minimum absolute atomic E-state index is 0.264. The van der Waals surface area contributed by atoms with Crippen LogP contribution in [0.3, 0.4) is 0 Å². The van der Waals surface area contributed by atoms with Crippen molar-refractivity contribution in [3.8, 4) is 0 Å². The molecule has 19 heavy (non-hydrogen) atoms. The zero-order valence-electron chi connectivity index (χ0n) is 10.9. The van der Waals surface area contributed by atoms with E-state index >= 15 is 0 Å². The van der Waals surface area contributed by atoms with Crippen LogP contribution in [0.1, 0.15) is 42.5 Å². The van der Waals surface area contributed by atoms with Gasteiger partial charge in [0.2, 0.25) is 0 Å². The molecule has 2 heteroatoms. The van der Waals surface area contributed by atoms with E-state index in [1.54, 1.807) is 0 Å². The number of halogens is 1. The van der Waals surface area contributed by atoms with Crippen LogP contribution in [0.2, 0.25) is 5.02 Å². The van der Waals surface area contributed by atoms with Crippen LogP contribution < -0.4 is 0 Å². The molecule has 98 valence electrons. The molecule has 0 unspecified atom stereocenters. The molecule has 0 aromatic heterocycles. The third-order valence-corrected chi connectivity index (χ3v) is 4.45. The lowest BCUT2D eigenvalue weighted by Gasteiger charge is -2.10. The van der Waals surface area contributed by atoms with E-state index in [0.717, 1.165) is 16.3 Å². The average Bonchev–Trinajstić information content (AvgIpc) is 2.92. The highest BCUT2D eigenvalue weighted by Crippen LogP contribution is 2.31. The standard InChI is InChI=1S/C17H17ClO/c18-16-10-9-15(13-7-3-4-8-14(13)16)17(19)11-12-5-1-2-6-12/h3-4,7-10,12H,1-2,5-6,11H2. The zero-order chi connectivity index (χ0) is 13.2. The van der Waals surface area contributed by atoms with Crippen molar-refractivity contribution in [3.05, 3.63) is 47.0 Å². The second-order valence-corrected chi connectivity index (χ2v) is 5.83. The van der Waals surface area contributed by atoms with E-state index in [0.29, 0.717) is 17.4 Å². The fourth-order valence-electron chi connectivity index (χ4n) is 3.09. The number of carbonyl (C=O) groups is 1. The number of benzene rings is 2. The SMILES string of the molecule is O=C(CC1CCCC1)c1ccc(Cl)c2ccccc12. The van der Waals surface area contributed by atoms with E-state index in [1.807, 2.05) is 36.4 Å². The normalized spacial score (nSPS) is 16.1. The average molecular weight is 273 g/mol. The molecule has 1 nitrogen and oxygen atoms in total. The molecule has 3 rings (SSSR count). The van der Waals surface area contributed by atoms with Crippen LogP contribution in [0.15, 0.2) is 36.4 Å². The van der Waals surface area contributed by atoms with Crippen LogP contribution in [0.4, 0.5) is 0 Å². The van der Waals surface area contributed by atoms with Crippen molar-refractivity contribution >= 4 is 28.2 Å². The number of Topliss-reactive ketones (excluding diaryl/α,β-unsaturated/α-hetero) is 1. The van der Waals surface area contributed by atoms with Crippen LogP contribution in [0, 0.1) is 5.92 Å². The summed E-state index contributed by atoms with van der Waals surface area (Å²) in [6.45, 7) is 0. The molecule has 1 aliphatic rings. The van der Waals surface area contributed by atoms with Gasteiger partial charge in [0, 0.05) is 22.4 Å². The van der Waals surface area contributed by atoms with Crippen molar-refractivity contribution in [2.75, 3.05) is 0 Å². The Kier molecular flexibility index (Phi) is 3.56. The number of rotatable bonds is 3. The van der Waals surface area contributed by atoms with Gasteiger partial charge in [0.25, 0.3) is 0 Å². The first-order valence-corrected chi connectivity index (χ1v) is 7.34. The predicted octanol–water partition coefficient (Wildman–Crippen LogP) is 5.26. The van der Waals surface area contributed by atoms with Crippen LogP contribution >= 0.6 is 11.6 Å². The van der Waals surface area contributed by atoms with Gasteiger partial charge in [-0.3, -0.25) is 4.79 Å². The minimum atomic E-state index is 0.264. The number of hydrogen-bond donors (Lipinski definition) is 0. The number of fused-ring (bicyclic) bond motifs is 1. The first-order valence-electron chi connectivity index (χ1n) is 6.96. The Balaban J connectivity index is 1.95. The summed E-state index contributed by atoms with van der Waals surface area (Å²) < 4.78 is 0. The number of carbonyl (C=O) groups excluding carboxylic acids is 1. The lowest BCUT2D eigenvalue weighted by Crippen LogP contribution is -2.06. The van der Waals surface area contributed by atoms with Gasteiger partial charge >= 0.3 is 0 Å². The van der Waals surface area contributed by atoms with Gasteiger partial charge in [0.05, 0.1) is 0 Å². The van der Waals surface area contributed by atoms with Gasteiger partial charge < -0.3 is 0 Å². The van der Waals surface area contributed by atoms with Crippen molar-refractivity contribution in [1.29, 1.82) is 0 Å². The van der Waals surface area contributed by atoms with Gasteiger partial charge in [-0.15, -0.1) is 0 Å². The van der Waals surface area contributed by atoms with Crippen molar-refractivity contribution < 1.29 is 4.79 Å². The Labute approximate surface area is 118 Å². The van der Waals surface area contributed by atoms with Crippen molar-refractivity contribution in [3.63, 3.8) is 0 Å². The number of ketones is 1. The van der Waals surface area contributed by atoms with Gasteiger partial charge in [0.15, 0.2) is 5.78 Å². The topological polar surface area (TPSA) is 17.1 Å². The molecule has 0 spiro atoms. The third-order valence-electron chi connectivity index (χ3n) is 4.12. The molecular formula is C17H17ClO. The summed E-state index contributed by atoms with van der Waals surface area (Å²) >= 11 is 6.19. The fourth-order valence-corrected chi connectivity index (χ4v) is 3.32. The highest BCUT2D eigenvalue weighted by Gasteiger charge is 2.20. The summed E-state index contributed by atoms with van der Waals surface area (Å²) in [5.74, 6) is 0.849. The smallest absolute Gasteiger partial charge is 0.163 e. The highest BCUT2D eigenvalue weighted by molar-refractivity contribution is 6.36. The van der Waals surface area contributed by atoms with Crippen LogP contribution in [0.25, 0.3) is 10.8 Å². The third kappa shape index (κ3) is 2.52. The Morgan fingerprint density at radius 3 is 2.47 bits per heavy atom. The Morgan fingerprint density at radius 2 is 1.74 bits per heavy atom. The lowest BCUT2D eigenvalue weighted by atomic mass is 9.94. The summed E-state index contributed by atoms with van der Waals surface area (Å²) in [7, 11) is 0. The molecule has 2 aromatic carbocycles.